The molecule has 3 N–H and O–H groups in total. The number of rotatable bonds is 8. The summed E-state index contributed by atoms with van der Waals surface area (Å²) in [7, 11) is 4.09. The molecule has 112 valence electrons. The lowest BCUT2D eigenvalue weighted by Gasteiger charge is -2.11. The lowest BCUT2D eigenvalue weighted by atomic mass is 10.2. The van der Waals surface area contributed by atoms with Crippen LogP contribution in [0.15, 0.2) is 24.3 Å². The molecule has 1 unspecified atom stereocenters. The number of amides is 1. The van der Waals surface area contributed by atoms with Gasteiger partial charge >= 0.3 is 0 Å². The van der Waals surface area contributed by atoms with Crippen LogP contribution in [-0.4, -0.2) is 44.1 Å². The molecule has 0 aliphatic rings. The Morgan fingerprint density at radius 3 is 2.55 bits per heavy atom. The van der Waals surface area contributed by atoms with Gasteiger partial charge in [0.25, 0.3) is 0 Å². The number of nitrogens with zero attached hydrogens (tertiary/aromatic N) is 1. The minimum atomic E-state index is -0.477. The van der Waals surface area contributed by atoms with E-state index < -0.39 is 6.04 Å². The van der Waals surface area contributed by atoms with E-state index in [1.54, 1.807) is 6.92 Å². The largest absolute Gasteiger partial charge is 0.494 e. The molecule has 5 heteroatoms. The molecule has 20 heavy (non-hydrogen) atoms. The van der Waals surface area contributed by atoms with Crippen LogP contribution < -0.4 is 15.8 Å². The molecule has 0 spiro atoms. The van der Waals surface area contributed by atoms with Gasteiger partial charge in [0.2, 0.25) is 5.91 Å². The van der Waals surface area contributed by atoms with Crippen molar-refractivity contribution < 1.29 is 9.53 Å². The Labute approximate surface area is 121 Å². The molecule has 0 fully saturated rings. The zero-order valence-corrected chi connectivity index (χ0v) is 12.6. The van der Waals surface area contributed by atoms with Crippen molar-refractivity contribution in [1.82, 2.24) is 10.2 Å². The maximum Gasteiger partial charge on any atom is 0.236 e. The number of hydrogen-bond donors (Lipinski definition) is 2. The van der Waals surface area contributed by atoms with E-state index in [1.165, 1.54) is 0 Å². The highest BCUT2D eigenvalue weighted by Crippen LogP contribution is 2.12. The summed E-state index contributed by atoms with van der Waals surface area (Å²) >= 11 is 0. The number of carbonyl (C=O) groups excluding carboxylic acids is 1. The third kappa shape index (κ3) is 6.54. The van der Waals surface area contributed by atoms with E-state index >= 15 is 0 Å². The summed E-state index contributed by atoms with van der Waals surface area (Å²) in [4.78, 5) is 13.5. The quantitative estimate of drug-likeness (QED) is 0.696. The highest BCUT2D eigenvalue weighted by Gasteiger charge is 2.06. The Bertz CT molecular complexity index is 402. The fourth-order valence-corrected chi connectivity index (χ4v) is 1.62. The van der Waals surface area contributed by atoms with Crippen LogP contribution in [0.5, 0.6) is 5.75 Å². The SMILES string of the molecule is CC(N)C(=O)NCc1ccc(OCCCN(C)C)cc1. The fourth-order valence-electron chi connectivity index (χ4n) is 1.62. The van der Waals surface area contributed by atoms with E-state index in [0.717, 1.165) is 24.3 Å². The summed E-state index contributed by atoms with van der Waals surface area (Å²) in [5.41, 5.74) is 6.51. The zero-order chi connectivity index (χ0) is 15.0. The van der Waals surface area contributed by atoms with Crippen LogP contribution in [0.2, 0.25) is 0 Å². The van der Waals surface area contributed by atoms with Gasteiger partial charge in [-0.15, -0.1) is 0 Å². The normalized spacial score (nSPS) is 12.2. The maximum atomic E-state index is 11.3. The third-order valence-corrected chi connectivity index (χ3v) is 2.82. The molecule has 0 saturated carbocycles. The Morgan fingerprint density at radius 2 is 2.00 bits per heavy atom. The molecule has 1 rings (SSSR count). The molecule has 0 aliphatic heterocycles. The summed E-state index contributed by atoms with van der Waals surface area (Å²) in [6.07, 6.45) is 0.999. The zero-order valence-electron chi connectivity index (χ0n) is 12.6. The van der Waals surface area contributed by atoms with Crippen molar-refractivity contribution in [3.05, 3.63) is 29.8 Å². The van der Waals surface area contributed by atoms with Gasteiger partial charge in [-0.3, -0.25) is 4.79 Å². The first-order chi connectivity index (χ1) is 9.49. The number of carbonyl (C=O) groups is 1. The van der Waals surface area contributed by atoms with Crippen molar-refractivity contribution in [1.29, 1.82) is 0 Å². The Balaban J connectivity index is 2.31. The second kappa shape index (κ2) is 8.55. The van der Waals surface area contributed by atoms with E-state index in [0.29, 0.717) is 13.2 Å². The first kappa shape index (κ1) is 16.5. The molecule has 1 atom stereocenters. The molecule has 0 radical (unpaired) electrons. The van der Waals surface area contributed by atoms with E-state index in [9.17, 15) is 4.79 Å². The van der Waals surface area contributed by atoms with Gasteiger partial charge in [-0.05, 0) is 45.1 Å². The number of nitrogens with one attached hydrogen (secondary N) is 1. The molecule has 0 saturated heterocycles. The van der Waals surface area contributed by atoms with Gasteiger partial charge in [0.05, 0.1) is 12.6 Å². The number of benzene rings is 1. The van der Waals surface area contributed by atoms with Crippen molar-refractivity contribution in [2.45, 2.75) is 25.9 Å². The predicted octanol–water partition coefficient (Wildman–Crippen LogP) is 0.981. The molecule has 0 heterocycles. The van der Waals surface area contributed by atoms with Crippen molar-refractivity contribution >= 4 is 5.91 Å². The predicted molar refractivity (Wildman–Crippen MR) is 80.6 cm³/mol. The van der Waals surface area contributed by atoms with Gasteiger partial charge in [0.1, 0.15) is 5.75 Å². The van der Waals surface area contributed by atoms with Gasteiger partial charge in [0.15, 0.2) is 0 Å². The lowest BCUT2D eigenvalue weighted by molar-refractivity contribution is -0.122. The summed E-state index contributed by atoms with van der Waals surface area (Å²) in [5.74, 6) is 0.708. The van der Waals surface area contributed by atoms with Gasteiger partial charge in [-0.1, -0.05) is 12.1 Å². The first-order valence-electron chi connectivity index (χ1n) is 6.89. The van der Waals surface area contributed by atoms with Crippen LogP contribution >= 0.6 is 0 Å². The molecule has 1 aromatic carbocycles. The fraction of sp³-hybridized carbons (Fsp3) is 0.533. The Morgan fingerprint density at radius 1 is 1.35 bits per heavy atom. The topological polar surface area (TPSA) is 67.6 Å². The molecule has 0 aromatic heterocycles. The Kier molecular flexibility index (Phi) is 7.04. The highest BCUT2D eigenvalue weighted by atomic mass is 16.5. The third-order valence-electron chi connectivity index (χ3n) is 2.82. The van der Waals surface area contributed by atoms with Crippen molar-refractivity contribution in [3.63, 3.8) is 0 Å². The van der Waals surface area contributed by atoms with Crippen LogP contribution in [0.1, 0.15) is 18.9 Å². The van der Waals surface area contributed by atoms with Crippen molar-refractivity contribution in [3.8, 4) is 5.75 Å². The van der Waals surface area contributed by atoms with E-state index in [-0.39, 0.29) is 5.91 Å². The summed E-state index contributed by atoms with van der Waals surface area (Å²) < 4.78 is 5.64. The van der Waals surface area contributed by atoms with E-state index in [1.807, 2.05) is 38.4 Å². The van der Waals surface area contributed by atoms with Crippen LogP contribution in [0.4, 0.5) is 0 Å². The highest BCUT2D eigenvalue weighted by molar-refractivity contribution is 5.80. The number of nitrogens with two attached hydrogens (primary N) is 1. The van der Waals surface area contributed by atoms with Gasteiger partial charge in [-0.25, -0.2) is 0 Å². The minimum absolute atomic E-state index is 0.144. The molecular weight excluding hydrogens is 254 g/mol. The smallest absolute Gasteiger partial charge is 0.236 e. The molecule has 0 aliphatic carbocycles. The van der Waals surface area contributed by atoms with E-state index in [4.69, 9.17) is 10.5 Å². The average Bonchev–Trinajstić information content (AvgIpc) is 2.42. The van der Waals surface area contributed by atoms with Crippen LogP contribution in [-0.2, 0) is 11.3 Å². The number of ether oxygens (including phenoxy) is 1. The average molecular weight is 279 g/mol. The van der Waals surface area contributed by atoms with Crippen molar-refractivity contribution in [2.75, 3.05) is 27.2 Å². The van der Waals surface area contributed by atoms with Crippen LogP contribution in [0.3, 0.4) is 0 Å². The van der Waals surface area contributed by atoms with Gasteiger partial charge < -0.3 is 20.7 Å². The molecule has 1 amide bonds. The Hall–Kier alpha value is -1.59. The van der Waals surface area contributed by atoms with Crippen molar-refractivity contribution in [2.24, 2.45) is 5.73 Å². The standard InChI is InChI=1S/C15H25N3O2/c1-12(16)15(19)17-11-13-5-7-14(8-6-13)20-10-4-9-18(2)3/h5-8,12H,4,9-11,16H2,1-3H3,(H,17,19). The molecule has 5 nitrogen and oxygen atoms in total. The number of hydrogen-bond acceptors (Lipinski definition) is 4. The molecule has 0 bridgehead atoms. The first-order valence-corrected chi connectivity index (χ1v) is 6.89. The van der Waals surface area contributed by atoms with Crippen LogP contribution in [0, 0.1) is 0 Å². The van der Waals surface area contributed by atoms with Gasteiger partial charge in [-0.2, -0.15) is 0 Å². The summed E-state index contributed by atoms with van der Waals surface area (Å²) in [6.45, 7) is 3.88. The summed E-state index contributed by atoms with van der Waals surface area (Å²) in [6, 6.07) is 7.26. The second-order valence-corrected chi connectivity index (χ2v) is 5.16. The van der Waals surface area contributed by atoms with E-state index in [2.05, 4.69) is 10.2 Å². The minimum Gasteiger partial charge on any atom is -0.494 e. The summed E-state index contributed by atoms with van der Waals surface area (Å²) in [5, 5.41) is 2.77. The van der Waals surface area contributed by atoms with Crippen LogP contribution in [0.25, 0.3) is 0 Å². The molecular formula is C15H25N3O2. The maximum absolute atomic E-state index is 11.3. The second-order valence-electron chi connectivity index (χ2n) is 5.16. The monoisotopic (exact) mass is 279 g/mol. The van der Waals surface area contributed by atoms with Gasteiger partial charge in [0, 0.05) is 13.1 Å². The lowest BCUT2D eigenvalue weighted by Crippen LogP contribution is -2.37. The molecule has 1 aromatic rings.